The Hall–Kier alpha value is -2.08. The molecule has 0 spiro atoms. The Morgan fingerprint density at radius 2 is 1.89 bits per heavy atom. The first-order valence-electron chi connectivity index (χ1n) is 6.28. The van der Waals surface area contributed by atoms with E-state index in [1.165, 1.54) is 0 Å². The molecular formula is C16H19NO2. The first-order chi connectivity index (χ1) is 8.88. The van der Waals surface area contributed by atoms with Gasteiger partial charge in [-0.2, -0.15) is 5.26 Å². The van der Waals surface area contributed by atoms with E-state index in [0.29, 0.717) is 6.61 Å². The van der Waals surface area contributed by atoms with Gasteiger partial charge in [0, 0.05) is 5.41 Å². The first kappa shape index (κ1) is 15.0. The number of hydrogen-bond donors (Lipinski definition) is 0. The van der Waals surface area contributed by atoms with Crippen molar-refractivity contribution in [1.29, 1.82) is 5.26 Å². The number of carbonyl (C=O) groups is 1. The predicted molar refractivity (Wildman–Crippen MR) is 75.7 cm³/mol. The number of allylic oxidation sites excluding steroid dienone is 1. The molecule has 0 aliphatic carbocycles. The van der Waals surface area contributed by atoms with Crippen molar-refractivity contribution in [2.45, 2.75) is 27.7 Å². The van der Waals surface area contributed by atoms with E-state index < -0.39 is 5.41 Å². The third-order valence-electron chi connectivity index (χ3n) is 2.55. The van der Waals surface area contributed by atoms with Crippen molar-refractivity contribution in [3.8, 4) is 11.8 Å². The second-order valence-corrected chi connectivity index (χ2v) is 5.25. The van der Waals surface area contributed by atoms with Crippen LogP contribution in [-0.4, -0.2) is 12.4 Å². The van der Waals surface area contributed by atoms with E-state index in [0.717, 1.165) is 11.3 Å². The number of rotatable bonds is 4. The van der Waals surface area contributed by atoms with Gasteiger partial charge in [0.2, 0.25) is 0 Å². The van der Waals surface area contributed by atoms with Crippen LogP contribution >= 0.6 is 0 Å². The van der Waals surface area contributed by atoms with Crippen molar-refractivity contribution in [1.82, 2.24) is 0 Å². The second kappa shape index (κ2) is 6.19. The molecule has 0 radical (unpaired) electrons. The highest BCUT2D eigenvalue weighted by Gasteiger charge is 2.24. The summed E-state index contributed by atoms with van der Waals surface area (Å²) in [7, 11) is 0. The molecule has 0 atom stereocenters. The fraction of sp³-hybridized carbons (Fsp3) is 0.375. The van der Waals surface area contributed by atoms with Gasteiger partial charge in [0.1, 0.15) is 11.8 Å². The van der Waals surface area contributed by atoms with E-state index in [4.69, 9.17) is 10.00 Å². The molecule has 0 aliphatic heterocycles. The lowest BCUT2D eigenvalue weighted by molar-refractivity contribution is -0.121. The van der Waals surface area contributed by atoms with E-state index in [1.807, 2.05) is 37.3 Å². The number of nitriles is 1. The topological polar surface area (TPSA) is 50.1 Å². The van der Waals surface area contributed by atoms with Gasteiger partial charge < -0.3 is 4.74 Å². The van der Waals surface area contributed by atoms with Gasteiger partial charge in [0.05, 0.1) is 12.2 Å². The lowest BCUT2D eigenvalue weighted by Crippen LogP contribution is -2.21. The first-order valence-corrected chi connectivity index (χ1v) is 6.28. The van der Waals surface area contributed by atoms with Gasteiger partial charge in [0.15, 0.2) is 5.78 Å². The third kappa shape index (κ3) is 4.26. The highest BCUT2D eigenvalue weighted by molar-refractivity contribution is 6.06. The molecule has 0 saturated carbocycles. The molecule has 1 rings (SSSR count). The van der Waals surface area contributed by atoms with Crippen LogP contribution in [0.25, 0.3) is 6.08 Å². The summed E-state index contributed by atoms with van der Waals surface area (Å²) in [5.41, 5.74) is 0.446. The van der Waals surface area contributed by atoms with Crippen LogP contribution in [0.4, 0.5) is 0 Å². The summed E-state index contributed by atoms with van der Waals surface area (Å²) in [5, 5.41) is 9.10. The van der Waals surface area contributed by atoms with Crippen LogP contribution in [-0.2, 0) is 4.79 Å². The summed E-state index contributed by atoms with van der Waals surface area (Å²) < 4.78 is 5.34. The molecule has 0 aliphatic rings. The van der Waals surface area contributed by atoms with Crippen molar-refractivity contribution in [2.75, 3.05) is 6.61 Å². The molecule has 3 nitrogen and oxygen atoms in total. The zero-order valence-corrected chi connectivity index (χ0v) is 11.9. The molecule has 0 bridgehead atoms. The van der Waals surface area contributed by atoms with E-state index in [9.17, 15) is 4.79 Å². The van der Waals surface area contributed by atoms with Gasteiger partial charge >= 0.3 is 0 Å². The molecule has 0 aromatic heterocycles. The average molecular weight is 257 g/mol. The van der Waals surface area contributed by atoms with Crippen LogP contribution in [0.1, 0.15) is 33.3 Å². The Morgan fingerprint density at radius 3 is 2.32 bits per heavy atom. The third-order valence-corrected chi connectivity index (χ3v) is 2.55. The van der Waals surface area contributed by atoms with Crippen molar-refractivity contribution in [3.63, 3.8) is 0 Å². The quantitative estimate of drug-likeness (QED) is 0.611. The van der Waals surface area contributed by atoms with Crippen molar-refractivity contribution >= 4 is 11.9 Å². The zero-order valence-electron chi connectivity index (χ0n) is 11.9. The molecule has 0 fully saturated rings. The van der Waals surface area contributed by atoms with Crippen LogP contribution < -0.4 is 4.74 Å². The van der Waals surface area contributed by atoms with E-state index >= 15 is 0 Å². The molecule has 0 heterocycles. The number of nitrogens with zero attached hydrogens (tertiary/aromatic N) is 1. The number of benzene rings is 1. The summed E-state index contributed by atoms with van der Waals surface area (Å²) in [5.74, 6) is 0.629. The summed E-state index contributed by atoms with van der Waals surface area (Å²) in [4.78, 5) is 12.1. The van der Waals surface area contributed by atoms with Crippen LogP contribution in [0, 0.1) is 16.7 Å². The smallest absolute Gasteiger partial charge is 0.178 e. The van der Waals surface area contributed by atoms with Crippen molar-refractivity contribution in [2.24, 2.45) is 5.41 Å². The molecular weight excluding hydrogens is 238 g/mol. The maximum atomic E-state index is 12.1. The minimum atomic E-state index is -0.549. The lowest BCUT2D eigenvalue weighted by Gasteiger charge is -2.15. The Balaban J connectivity index is 2.99. The molecule has 3 heteroatoms. The molecule has 0 amide bonds. The van der Waals surface area contributed by atoms with Gasteiger partial charge in [-0.25, -0.2) is 0 Å². The Bertz CT molecular complexity index is 513. The lowest BCUT2D eigenvalue weighted by atomic mass is 9.86. The molecule has 19 heavy (non-hydrogen) atoms. The Morgan fingerprint density at radius 1 is 1.32 bits per heavy atom. The average Bonchev–Trinajstić information content (AvgIpc) is 2.36. The van der Waals surface area contributed by atoms with E-state index in [1.54, 1.807) is 26.8 Å². The van der Waals surface area contributed by atoms with E-state index in [-0.39, 0.29) is 11.4 Å². The molecule has 100 valence electrons. The number of hydrogen-bond acceptors (Lipinski definition) is 3. The number of carbonyl (C=O) groups excluding carboxylic acids is 1. The van der Waals surface area contributed by atoms with E-state index in [2.05, 4.69) is 0 Å². The SMILES string of the molecule is CCOc1ccc(C=C(C#N)C(=O)C(C)(C)C)cc1. The minimum absolute atomic E-state index is 0.149. The minimum Gasteiger partial charge on any atom is -0.494 e. The molecule has 0 N–H and O–H groups in total. The molecule has 0 saturated heterocycles. The van der Waals surface area contributed by atoms with Crippen molar-refractivity contribution < 1.29 is 9.53 Å². The van der Waals surface area contributed by atoms with Gasteiger partial charge in [-0.3, -0.25) is 4.79 Å². The predicted octanol–water partition coefficient (Wildman–Crippen LogP) is 3.61. The normalized spacial score (nSPS) is 11.8. The highest BCUT2D eigenvalue weighted by Crippen LogP contribution is 2.22. The molecule has 1 aromatic rings. The fourth-order valence-corrected chi connectivity index (χ4v) is 1.55. The largest absolute Gasteiger partial charge is 0.494 e. The van der Waals surface area contributed by atoms with Gasteiger partial charge in [-0.1, -0.05) is 32.9 Å². The van der Waals surface area contributed by atoms with Gasteiger partial charge in [0.25, 0.3) is 0 Å². The maximum absolute atomic E-state index is 12.1. The van der Waals surface area contributed by atoms with Gasteiger partial charge in [-0.15, -0.1) is 0 Å². The zero-order chi connectivity index (χ0) is 14.5. The second-order valence-electron chi connectivity index (χ2n) is 5.25. The number of ketones is 1. The van der Waals surface area contributed by atoms with Gasteiger partial charge in [-0.05, 0) is 30.7 Å². The summed E-state index contributed by atoms with van der Waals surface area (Å²) in [6.07, 6.45) is 1.61. The van der Waals surface area contributed by atoms with Crippen LogP contribution in [0.15, 0.2) is 29.8 Å². The molecule has 1 aromatic carbocycles. The monoisotopic (exact) mass is 257 g/mol. The fourth-order valence-electron chi connectivity index (χ4n) is 1.55. The summed E-state index contributed by atoms with van der Waals surface area (Å²) in [6.45, 7) is 7.95. The molecule has 0 unspecified atom stereocenters. The Labute approximate surface area is 114 Å². The Kier molecular flexibility index (Phi) is 4.88. The number of Topliss-reactive ketones (excluding diaryl/α,β-unsaturated/α-hetero) is 1. The van der Waals surface area contributed by atoms with Crippen LogP contribution in [0.2, 0.25) is 0 Å². The summed E-state index contributed by atoms with van der Waals surface area (Å²) >= 11 is 0. The van der Waals surface area contributed by atoms with Crippen LogP contribution in [0.5, 0.6) is 5.75 Å². The standard InChI is InChI=1S/C16H19NO2/c1-5-19-14-8-6-12(7-9-14)10-13(11-17)15(18)16(2,3)4/h6-10H,5H2,1-4H3. The maximum Gasteiger partial charge on any atom is 0.178 e. The number of ether oxygens (including phenoxy) is 1. The van der Waals surface area contributed by atoms with Crippen molar-refractivity contribution in [3.05, 3.63) is 35.4 Å². The highest BCUT2D eigenvalue weighted by atomic mass is 16.5. The summed E-state index contributed by atoms with van der Waals surface area (Å²) in [6, 6.07) is 9.29. The van der Waals surface area contributed by atoms with Crippen LogP contribution in [0.3, 0.4) is 0 Å².